The summed E-state index contributed by atoms with van der Waals surface area (Å²) in [6.45, 7) is 1.86. The number of furan rings is 1. The van der Waals surface area contributed by atoms with Gasteiger partial charge in [-0.05, 0) is 31.2 Å². The second kappa shape index (κ2) is 8.22. The van der Waals surface area contributed by atoms with E-state index in [1.807, 2.05) is 13.0 Å². The molecule has 0 spiro atoms. The first-order valence-electron chi connectivity index (χ1n) is 8.36. The van der Waals surface area contributed by atoms with E-state index in [1.54, 1.807) is 54.4 Å². The highest BCUT2D eigenvalue weighted by atomic mass is 16.5. The Labute approximate surface area is 156 Å². The maximum atomic E-state index is 12.4. The van der Waals surface area contributed by atoms with E-state index in [9.17, 15) is 9.59 Å². The molecule has 3 rings (SSSR count). The average molecular weight is 368 g/mol. The van der Waals surface area contributed by atoms with Crippen LogP contribution in [-0.2, 0) is 23.1 Å². The molecule has 1 amide bonds. The van der Waals surface area contributed by atoms with Gasteiger partial charge in [0, 0.05) is 18.8 Å². The predicted molar refractivity (Wildman–Crippen MR) is 99.3 cm³/mol. The minimum Gasteiger partial charge on any atom is -0.467 e. The Balaban J connectivity index is 1.57. The Hall–Kier alpha value is -3.55. The van der Waals surface area contributed by atoms with Gasteiger partial charge in [-0.25, -0.2) is 4.79 Å². The fourth-order valence-electron chi connectivity index (χ4n) is 2.53. The molecule has 0 aliphatic heterocycles. The first kappa shape index (κ1) is 18.2. The third kappa shape index (κ3) is 4.75. The van der Waals surface area contributed by atoms with Crippen LogP contribution in [0.15, 0.2) is 53.1 Å². The number of hydrogen-bond acceptors (Lipinski definition) is 6. The molecule has 0 unspecified atom stereocenters. The van der Waals surface area contributed by atoms with Crippen LogP contribution in [0.1, 0.15) is 21.8 Å². The number of esters is 1. The van der Waals surface area contributed by atoms with E-state index >= 15 is 0 Å². The van der Waals surface area contributed by atoms with Crippen molar-refractivity contribution in [2.75, 3.05) is 17.2 Å². The lowest BCUT2D eigenvalue weighted by atomic mass is 10.2. The van der Waals surface area contributed by atoms with Crippen molar-refractivity contribution in [1.82, 2.24) is 9.78 Å². The van der Waals surface area contributed by atoms with Gasteiger partial charge in [0.2, 0.25) is 0 Å². The second-order valence-electron chi connectivity index (χ2n) is 5.90. The molecule has 2 aromatic heterocycles. The topological polar surface area (TPSA) is 98.4 Å². The molecule has 0 saturated carbocycles. The first-order valence-corrected chi connectivity index (χ1v) is 8.36. The van der Waals surface area contributed by atoms with Crippen molar-refractivity contribution in [3.63, 3.8) is 0 Å². The summed E-state index contributed by atoms with van der Waals surface area (Å²) in [7, 11) is 1.72. The smallest absolute Gasteiger partial charge is 0.340 e. The van der Waals surface area contributed by atoms with Crippen LogP contribution in [0.4, 0.5) is 11.5 Å². The SMILES string of the molecule is Cc1cc(NC(=O)COC(=O)c2ccccc2NCc2ccco2)n(C)n1. The number of nitrogens with one attached hydrogen (secondary N) is 2. The van der Waals surface area contributed by atoms with Gasteiger partial charge in [-0.3, -0.25) is 9.48 Å². The van der Waals surface area contributed by atoms with Crippen LogP contribution in [-0.4, -0.2) is 28.3 Å². The molecule has 0 saturated heterocycles. The van der Waals surface area contributed by atoms with Crippen molar-refractivity contribution in [3.8, 4) is 0 Å². The number of para-hydroxylation sites is 1. The molecule has 0 bridgehead atoms. The van der Waals surface area contributed by atoms with Gasteiger partial charge in [-0.15, -0.1) is 0 Å². The van der Waals surface area contributed by atoms with Crippen molar-refractivity contribution >= 4 is 23.4 Å². The summed E-state index contributed by atoms with van der Waals surface area (Å²) < 4.78 is 12.0. The lowest BCUT2D eigenvalue weighted by Gasteiger charge is -2.11. The van der Waals surface area contributed by atoms with Crippen molar-refractivity contribution < 1.29 is 18.7 Å². The van der Waals surface area contributed by atoms with Crippen LogP contribution in [0.25, 0.3) is 0 Å². The number of hydrogen-bond donors (Lipinski definition) is 2. The van der Waals surface area contributed by atoms with Crippen LogP contribution in [0.3, 0.4) is 0 Å². The number of anilines is 2. The normalized spacial score (nSPS) is 10.4. The van der Waals surface area contributed by atoms with E-state index < -0.39 is 18.5 Å². The average Bonchev–Trinajstić information content (AvgIpc) is 3.28. The van der Waals surface area contributed by atoms with Gasteiger partial charge in [0.05, 0.1) is 24.1 Å². The number of nitrogens with zero attached hydrogens (tertiary/aromatic N) is 2. The minimum atomic E-state index is -0.589. The van der Waals surface area contributed by atoms with Gasteiger partial charge in [-0.1, -0.05) is 12.1 Å². The van der Waals surface area contributed by atoms with Crippen molar-refractivity contribution in [1.29, 1.82) is 0 Å². The summed E-state index contributed by atoms with van der Waals surface area (Å²) in [6.07, 6.45) is 1.58. The summed E-state index contributed by atoms with van der Waals surface area (Å²) in [5, 5.41) is 9.92. The Morgan fingerprint density at radius 1 is 1.22 bits per heavy atom. The number of benzene rings is 1. The Kier molecular flexibility index (Phi) is 5.55. The summed E-state index contributed by atoms with van der Waals surface area (Å²) >= 11 is 0. The van der Waals surface area contributed by atoms with Gasteiger partial charge in [0.25, 0.3) is 5.91 Å². The van der Waals surface area contributed by atoms with Gasteiger partial charge in [0.15, 0.2) is 6.61 Å². The molecule has 8 nitrogen and oxygen atoms in total. The standard InChI is InChI=1S/C19H20N4O4/c1-13-10-17(23(2)22-13)21-18(24)12-27-19(25)15-7-3-4-8-16(15)20-11-14-6-5-9-26-14/h3-10,20H,11-12H2,1-2H3,(H,21,24). The molecule has 0 fully saturated rings. The molecule has 0 atom stereocenters. The van der Waals surface area contributed by atoms with Gasteiger partial charge < -0.3 is 19.8 Å². The quantitative estimate of drug-likeness (QED) is 0.622. The molecule has 0 aliphatic rings. The van der Waals surface area contributed by atoms with Crippen LogP contribution >= 0.6 is 0 Å². The molecule has 2 heterocycles. The zero-order valence-corrected chi connectivity index (χ0v) is 15.1. The number of carbonyl (C=O) groups is 2. The lowest BCUT2D eigenvalue weighted by molar-refractivity contribution is -0.119. The van der Waals surface area contributed by atoms with Gasteiger partial charge in [0.1, 0.15) is 11.6 Å². The van der Waals surface area contributed by atoms with Crippen molar-refractivity contribution in [2.24, 2.45) is 7.05 Å². The third-order valence-electron chi connectivity index (χ3n) is 3.78. The van der Waals surface area contributed by atoms with E-state index in [4.69, 9.17) is 9.15 Å². The predicted octanol–water partition coefficient (Wildman–Crippen LogP) is 2.73. The number of aromatic nitrogens is 2. The summed E-state index contributed by atoms with van der Waals surface area (Å²) in [6, 6.07) is 12.3. The largest absolute Gasteiger partial charge is 0.467 e. The van der Waals surface area contributed by atoms with Crippen LogP contribution in [0.5, 0.6) is 0 Å². The highest BCUT2D eigenvalue weighted by Gasteiger charge is 2.15. The van der Waals surface area contributed by atoms with E-state index in [-0.39, 0.29) is 0 Å². The molecule has 140 valence electrons. The van der Waals surface area contributed by atoms with Crippen LogP contribution in [0, 0.1) is 6.92 Å². The first-order chi connectivity index (χ1) is 13.0. The van der Waals surface area contributed by atoms with E-state index in [1.165, 1.54) is 0 Å². The van der Waals surface area contributed by atoms with E-state index in [0.29, 0.717) is 23.6 Å². The monoisotopic (exact) mass is 368 g/mol. The maximum absolute atomic E-state index is 12.4. The molecule has 1 aromatic carbocycles. The number of ether oxygens (including phenoxy) is 1. The van der Waals surface area contributed by atoms with Gasteiger partial charge >= 0.3 is 5.97 Å². The molecule has 2 N–H and O–H groups in total. The highest BCUT2D eigenvalue weighted by molar-refractivity contribution is 5.98. The van der Waals surface area contributed by atoms with E-state index in [0.717, 1.165) is 11.5 Å². The van der Waals surface area contributed by atoms with Gasteiger partial charge in [-0.2, -0.15) is 5.10 Å². The third-order valence-corrected chi connectivity index (χ3v) is 3.78. The molecule has 0 radical (unpaired) electrons. The van der Waals surface area contributed by atoms with Crippen molar-refractivity contribution in [2.45, 2.75) is 13.5 Å². The molecule has 8 heteroatoms. The number of amides is 1. The number of carbonyl (C=O) groups excluding carboxylic acids is 2. The second-order valence-corrected chi connectivity index (χ2v) is 5.90. The van der Waals surface area contributed by atoms with Crippen molar-refractivity contribution in [3.05, 3.63) is 65.7 Å². The fraction of sp³-hybridized carbons (Fsp3) is 0.211. The molecular formula is C19H20N4O4. The Morgan fingerprint density at radius 2 is 2.04 bits per heavy atom. The Bertz CT molecular complexity index is 931. The summed E-state index contributed by atoms with van der Waals surface area (Å²) in [5.41, 5.74) is 1.72. The summed E-state index contributed by atoms with van der Waals surface area (Å²) in [4.78, 5) is 24.4. The number of aryl methyl sites for hydroxylation is 2. The maximum Gasteiger partial charge on any atom is 0.340 e. The zero-order valence-electron chi connectivity index (χ0n) is 15.1. The minimum absolute atomic E-state index is 0.341. The molecule has 27 heavy (non-hydrogen) atoms. The molecular weight excluding hydrogens is 348 g/mol. The fourth-order valence-corrected chi connectivity index (χ4v) is 2.53. The number of rotatable bonds is 7. The van der Waals surface area contributed by atoms with Crippen LogP contribution in [0.2, 0.25) is 0 Å². The Morgan fingerprint density at radius 3 is 2.74 bits per heavy atom. The molecule has 0 aliphatic carbocycles. The lowest BCUT2D eigenvalue weighted by Crippen LogP contribution is -2.22. The zero-order chi connectivity index (χ0) is 19.2. The molecule has 3 aromatic rings. The highest BCUT2D eigenvalue weighted by Crippen LogP contribution is 2.17. The van der Waals surface area contributed by atoms with Crippen LogP contribution < -0.4 is 10.6 Å². The van der Waals surface area contributed by atoms with E-state index in [2.05, 4.69) is 15.7 Å². The summed E-state index contributed by atoms with van der Waals surface area (Å²) in [5.74, 6) is 0.249.